The van der Waals surface area contributed by atoms with Gasteiger partial charge < -0.3 is 10.4 Å². The molecule has 0 saturated heterocycles. The molecule has 0 radical (unpaired) electrons. The van der Waals surface area contributed by atoms with E-state index in [9.17, 15) is 24.4 Å². The molecule has 5 aliphatic carbocycles. The fraction of sp³-hybridized carbons (Fsp3) is 0.743. The molecule has 5 rings (SSSR count). The van der Waals surface area contributed by atoms with E-state index in [0.717, 1.165) is 50.5 Å². The smallest absolute Gasteiger partial charge is 0.322 e. The summed E-state index contributed by atoms with van der Waals surface area (Å²) < 4.78 is 0. The van der Waals surface area contributed by atoms with Crippen molar-refractivity contribution in [2.45, 2.75) is 106 Å². The summed E-state index contributed by atoms with van der Waals surface area (Å²) in [6.07, 6.45) is 11.2. The van der Waals surface area contributed by atoms with Crippen molar-refractivity contribution in [3.05, 3.63) is 23.3 Å². The van der Waals surface area contributed by atoms with Crippen LogP contribution in [0.2, 0.25) is 0 Å². The summed E-state index contributed by atoms with van der Waals surface area (Å²) in [6, 6.07) is 2.18. The Morgan fingerprint density at radius 1 is 1.02 bits per heavy atom. The van der Waals surface area contributed by atoms with Crippen LogP contribution in [0.25, 0.3) is 0 Å². The molecule has 3 fully saturated rings. The van der Waals surface area contributed by atoms with E-state index >= 15 is 0 Å². The predicted octanol–water partition coefficient (Wildman–Crippen LogP) is 6.19. The largest absolute Gasteiger partial charge is 0.480 e. The number of hydrogen-bond donors (Lipinski definition) is 2. The molecule has 1 amide bonds. The van der Waals surface area contributed by atoms with Gasteiger partial charge in [0.1, 0.15) is 12.6 Å². The highest BCUT2D eigenvalue weighted by atomic mass is 16.4. The van der Waals surface area contributed by atoms with Crippen LogP contribution in [0.5, 0.6) is 0 Å². The first-order valence-corrected chi connectivity index (χ1v) is 15.8. The summed E-state index contributed by atoms with van der Waals surface area (Å²) in [5.41, 5.74) is -0.536. The van der Waals surface area contributed by atoms with Gasteiger partial charge in [-0.2, -0.15) is 5.26 Å². The van der Waals surface area contributed by atoms with Gasteiger partial charge in [0.05, 0.1) is 5.57 Å². The minimum absolute atomic E-state index is 0.0162. The first kappa shape index (κ1) is 30.7. The molecule has 2 unspecified atom stereocenters. The maximum atomic E-state index is 14.6. The van der Waals surface area contributed by atoms with Crippen LogP contribution < -0.4 is 5.32 Å². The van der Waals surface area contributed by atoms with Crippen molar-refractivity contribution in [3.8, 4) is 6.07 Å². The van der Waals surface area contributed by atoms with Crippen molar-refractivity contribution >= 4 is 23.4 Å². The molecule has 0 bridgehead atoms. The van der Waals surface area contributed by atoms with Crippen molar-refractivity contribution in [2.24, 2.45) is 50.2 Å². The molecule has 0 aromatic carbocycles. The zero-order valence-corrected chi connectivity index (χ0v) is 26.5. The monoisotopic (exact) mass is 576 g/mol. The van der Waals surface area contributed by atoms with Crippen LogP contribution in [-0.4, -0.2) is 35.1 Å². The molecular weight excluding hydrogens is 528 g/mol. The van der Waals surface area contributed by atoms with Crippen LogP contribution in [0.15, 0.2) is 23.3 Å². The second-order valence-electron chi connectivity index (χ2n) is 16.3. The van der Waals surface area contributed by atoms with Crippen LogP contribution in [0.3, 0.4) is 0 Å². The Bertz CT molecular complexity index is 1350. The lowest BCUT2D eigenvalue weighted by Gasteiger charge is -2.69. The number of aliphatic carboxylic acids is 1. The second kappa shape index (κ2) is 9.63. The van der Waals surface area contributed by atoms with E-state index in [1.807, 2.05) is 26.0 Å². The standard InChI is InChI=1S/C35H48N2O5/c1-30(2)12-14-35(11-9-26(39)37-20-27(40)41)15-13-34(7)28(22(35)18-30)23(38)16-25-32(5)17-21(19-36)29(42)31(3,4)24(32)8-10-33(25,34)6/h16-17,22,24,28H,8-15,18,20H2,1-7H3,(H,37,39)(H,40,41)/t22?,24-,28?,32-,33+,34+,35+/m0/s1. The zero-order valence-electron chi connectivity index (χ0n) is 26.5. The molecule has 7 heteroatoms. The van der Waals surface area contributed by atoms with Crippen LogP contribution >= 0.6 is 0 Å². The molecule has 0 heterocycles. The number of nitrogens with one attached hydrogen (secondary N) is 1. The van der Waals surface area contributed by atoms with Crippen LogP contribution in [0.4, 0.5) is 0 Å². The Morgan fingerprint density at radius 3 is 2.33 bits per heavy atom. The summed E-state index contributed by atoms with van der Waals surface area (Å²) in [5, 5.41) is 21.4. The molecule has 42 heavy (non-hydrogen) atoms. The van der Waals surface area contributed by atoms with E-state index in [-0.39, 0.29) is 75.4 Å². The van der Waals surface area contributed by atoms with E-state index in [4.69, 9.17) is 5.11 Å². The summed E-state index contributed by atoms with van der Waals surface area (Å²) >= 11 is 0. The molecule has 0 spiro atoms. The van der Waals surface area contributed by atoms with Gasteiger partial charge in [0.2, 0.25) is 5.91 Å². The fourth-order valence-electron chi connectivity index (χ4n) is 10.8. The Balaban J connectivity index is 1.57. The van der Waals surface area contributed by atoms with Gasteiger partial charge >= 0.3 is 5.97 Å². The van der Waals surface area contributed by atoms with Crippen molar-refractivity contribution in [2.75, 3.05) is 6.54 Å². The topological polar surface area (TPSA) is 124 Å². The Labute approximate surface area is 250 Å². The lowest BCUT2D eigenvalue weighted by atomic mass is 9.34. The number of carboxylic acid groups (broad SMARTS) is 1. The first-order chi connectivity index (χ1) is 19.4. The maximum Gasteiger partial charge on any atom is 0.322 e. The van der Waals surface area contributed by atoms with E-state index in [1.54, 1.807) is 0 Å². The Kier molecular flexibility index (Phi) is 7.04. The summed E-state index contributed by atoms with van der Waals surface area (Å²) in [7, 11) is 0. The third-order valence-corrected chi connectivity index (χ3v) is 13.3. The van der Waals surface area contributed by atoms with Gasteiger partial charge in [-0.1, -0.05) is 60.1 Å². The summed E-state index contributed by atoms with van der Waals surface area (Å²) in [5.74, 6) is -1.25. The molecule has 5 aliphatic rings. The second-order valence-corrected chi connectivity index (χ2v) is 16.3. The fourth-order valence-corrected chi connectivity index (χ4v) is 10.8. The number of carbonyl (C=O) groups excluding carboxylic acids is 3. The van der Waals surface area contributed by atoms with Crippen LogP contribution in [-0.2, 0) is 19.2 Å². The van der Waals surface area contributed by atoms with E-state index < -0.39 is 16.8 Å². The molecule has 2 N–H and O–H groups in total. The minimum atomic E-state index is -1.05. The van der Waals surface area contributed by atoms with Gasteiger partial charge in [-0.3, -0.25) is 19.2 Å². The summed E-state index contributed by atoms with van der Waals surface area (Å²) in [6.45, 7) is 14.9. The van der Waals surface area contributed by atoms with Gasteiger partial charge in [0.25, 0.3) is 0 Å². The molecule has 7 nitrogen and oxygen atoms in total. The van der Waals surface area contributed by atoms with Crippen molar-refractivity contribution < 1.29 is 24.3 Å². The molecule has 0 aromatic rings. The third kappa shape index (κ3) is 4.26. The summed E-state index contributed by atoms with van der Waals surface area (Å²) in [4.78, 5) is 51.5. The molecular formula is C35H48N2O5. The number of fused-ring (bicyclic) bond motifs is 7. The molecule has 7 atom stereocenters. The maximum absolute atomic E-state index is 14.6. The van der Waals surface area contributed by atoms with E-state index in [2.05, 4.69) is 46.0 Å². The third-order valence-electron chi connectivity index (χ3n) is 13.3. The Morgan fingerprint density at radius 2 is 1.69 bits per heavy atom. The Hall–Kier alpha value is -2.75. The van der Waals surface area contributed by atoms with Gasteiger partial charge in [-0.05, 0) is 90.9 Å². The predicted molar refractivity (Wildman–Crippen MR) is 159 cm³/mol. The minimum Gasteiger partial charge on any atom is -0.480 e. The molecule has 3 saturated carbocycles. The zero-order chi connectivity index (χ0) is 31.1. The number of nitrogens with zero attached hydrogens (tertiary/aromatic N) is 1. The van der Waals surface area contributed by atoms with Gasteiger partial charge in [-0.15, -0.1) is 0 Å². The van der Waals surface area contributed by atoms with Gasteiger partial charge in [0.15, 0.2) is 11.6 Å². The van der Waals surface area contributed by atoms with Crippen LogP contribution in [0.1, 0.15) is 106 Å². The van der Waals surface area contributed by atoms with E-state index in [0.29, 0.717) is 6.42 Å². The number of Topliss-reactive ketones (excluding diaryl/α,β-unsaturated/α-hetero) is 1. The average Bonchev–Trinajstić information content (AvgIpc) is 2.90. The first-order valence-electron chi connectivity index (χ1n) is 15.8. The number of carbonyl (C=O) groups is 4. The highest BCUT2D eigenvalue weighted by Gasteiger charge is 2.69. The number of ketones is 2. The lowest BCUT2D eigenvalue weighted by Crippen LogP contribution is -2.64. The SMILES string of the molecule is CC1(C)CC[C@]2(CCC(=O)NCC(=O)O)CC[C@]3(C)C(C(=O)C=C4[C@@]5(C)C=C(C#N)C(=O)C(C)(C)[C@@H]5CC[C@]43C)C2C1. The molecule has 0 aliphatic heterocycles. The van der Waals surface area contributed by atoms with E-state index in [1.165, 1.54) is 0 Å². The number of nitriles is 1. The number of carboxylic acids is 1. The lowest BCUT2D eigenvalue weighted by molar-refractivity contribution is -0.173. The average molecular weight is 577 g/mol. The number of rotatable bonds is 5. The van der Waals surface area contributed by atoms with Crippen molar-refractivity contribution in [1.29, 1.82) is 5.26 Å². The highest BCUT2D eigenvalue weighted by Crippen LogP contribution is 2.75. The van der Waals surface area contributed by atoms with Crippen molar-refractivity contribution in [3.63, 3.8) is 0 Å². The van der Waals surface area contributed by atoms with Crippen LogP contribution in [0, 0.1) is 61.6 Å². The molecule has 228 valence electrons. The van der Waals surface area contributed by atoms with Gasteiger partial charge in [0, 0.05) is 23.2 Å². The number of amides is 1. The quantitative estimate of drug-likeness (QED) is 0.402. The highest BCUT2D eigenvalue weighted by molar-refractivity contribution is 6.04. The molecule has 0 aromatic heterocycles. The van der Waals surface area contributed by atoms with Crippen molar-refractivity contribution in [1.82, 2.24) is 5.32 Å². The van der Waals surface area contributed by atoms with Gasteiger partial charge in [-0.25, -0.2) is 0 Å². The normalized spacial score (nSPS) is 41.5. The number of hydrogen-bond acceptors (Lipinski definition) is 5. The number of allylic oxidation sites excluding steroid dienone is 4.